The maximum Gasteiger partial charge on any atom is 0.249 e. The molecule has 2 aromatic heterocycles. The summed E-state index contributed by atoms with van der Waals surface area (Å²) in [5.41, 5.74) is 23.9. The van der Waals surface area contributed by atoms with Crippen molar-refractivity contribution in [2.24, 2.45) is 0 Å². The molecule has 0 spiro atoms. The number of aromatic nitrogens is 2. The van der Waals surface area contributed by atoms with E-state index in [1.807, 2.05) is 11.8 Å². The van der Waals surface area contributed by atoms with Crippen LogP contribution in [0.4, 0.5) is 17.1 Å². The Morgan fingerprint density at radius 2 is 0.708 bits per heavy atom. The third-order valence-electron chi connectivity index (χ3n) is 19.1. The fourth-order valence-corrected chi connectivity index (χ4v) is 16.6. The van der Waals surface area contributed by atoms with Gasteiger partial charge in [0.15, 0.2) is 0 Å². The Labute approximate surface area is 519 Å². The zero-order chi connectivity index (χ0) is 58.3. The van der Waals surface area contributed by atoms with Crippen LogP contribution in [0.1, 0.15) is 0 Å². The summed E-state index contributed by atoms with van der Waals surface area (Å²) in [6.45, 7) is -0.108. The number of hydrogen-bond acceptors (Lipinski definition) is 2. The third-order valence-corrected chi connectivity index (χ3v) is 20.2. The SMILES string of the molecule is c1ccc(-c2cccc(-c3ccccc3)c2N2c3cc(-c4c5ccccc5c(-c5ccc6ccccc6c5)c5ccccc45)ccc3B3c4ccc(-n5c6ccccc6c6ccccc65)cc4Sc4cc(-n5c6ccccc6c6ccccc65)cc2c43)cc1. The summed E-state index contributed by atoms with van der Waals surface area (Å²) in [5, 5.41) is 12.4. The highest BCUT2D eigenvalue weighted by atomic mass is 32.2. The van der Waals surface area contributed by atoms with Crippen molar-refractivity contribution in [3.05, 3.63) is 315 Å². The van der Waals surface area contributed by atoms with E-state index in [9.17, 15) is 0 Å². The molecular weight excluding hydrogens is 1090 g/mol. The molecule has 0 fully saturated rings. The average molecular weight is 1150 g/mol. The van der Waals surface area contributed by atoms with Gasteiger partial charge in [-0.25, -0.2) is 0 Å². The Bertz CT molecular complexity index is 5580. The third kappa shape index (κ3) is 7.56. The normalized spacial score (nSPS) is 12.6. The van der Waals surface area contributed by atoms with Crippen molar-refractivity contribution >= 4 is 128 Å². The smallest absolute Gasteiger partial charge is 0.249 e. The van der Waals surface area contributed by atoms with Crippen molar-refractivity contribution in [1.82, 2.24) is 9.13 Å². The van der Waals surface area contributed by atoms with Gasteiger partial charge < -0.3 is 14.0 Å². The van der Waals surface area contributed by atoms with Crippen LogP contribution in [-0.2, 0) is 0 Å². The molecule has 4 heterocycles. The van der Waals surface area contributed by atoms with Crippen LogP contribution in [-0.4, -0.2) is 15.8 Å². The first-order chi connectivity index (χ1) is 44.2. The van der Waals surface area contributed by atoms with Crippen molar-refractivity contribution in [1.29, 1.82) is 0 Å². The number of fused-ring (bicyclic) bond motifs is 13. The van der Waals surface area contributed by atoms with Gasteiger partial charge in [0.25, 0.3) is 0 Å². The molecule has 0 saturated heterocycles. The second kappa shape index (κ2) is 19.7. The lowest BCUT2D eigenvalue weighted by molar-refractivity contribution is 1.15. The lowest BCUT2D eigenvalue weighted by atomic mass is 9.34. The summed E-state index contributed by atoms with van der Waals surface area (Å²) in [6, 6.07) is 118. The molecule has 0 radical (unpaired) electrons. The molecule has 0 N–H and O–H groups in total. The molecule has 0 amide bonds. The molecule has 2 aliphatic heterocycles. The first kappa shape index (κ1) is 50.1. The van der Waals surface area contributed by atoms with Crippen molar-refractivity contribution in [2.45, 2.75) is 9.79 Å². The maximum absolute atomic E-state index is 2.68. The average Bonchev–Trinajstić information content (AvgIpc) is 0.822. The second-order valence-corrected chi connectivity index (χ2v) is 24.9. The van der Waals surface area contributed by atoms with Gasteiger partial charge in [-0.15, -0.1) is 0 Å². The van der Waals surface area contributed by atoms with Gasteiger partial charge in [-0.1, -0.05) is 272 Å². The Hall–Kier alpha value is -11.1. The molecule has 0 unspecified atom stereocenters. The van der Waals surface area contributed by atoms with Crippen LogP contribution < -0.4 is 21.3 Å². The molecule has 0 bridgehead atoms. The van der Waals surface area contributed by atoms with E-state index in [1.165, 1.54) is 130 Å². The molecule has 19 rings (SSSR count). The fourth-order valence-electron chi connectivity index (χ4n) is 15.4. The molecule has 5 heteroatoms. The molecular formula is C84H52BN3S. The fraction of sp³-hybridized carbons (Fsp3) is 0. The summed E-state index contributed by atoms with van der Waals surface area (Å²) in [6.07, 6.45) is 0. The lowest BCUT2D eigenvalue weighted by Gasteiger charge is -2.42. The van der Waals surface area contributed by atoms with Gasteiger partial charge in [0, 0.05) is 65.2 Å². The van der Waals surface area contributed by atoms with Gasteiger partial charge in [0.05, 0.1) is 27.8 Å². The summed E-state index contributed by atoms with van der Waals surface area (Å²) >= 11 is 1.92. The number of rotatable bonds is 7. The largest absolute Gasteiger partial charge is 0.310 e. The van der Waals surface area contributed by atoms with E-state index < -0.39 is 0 Å². The molecule has 2 aliphatic rings. The molecule has 0 aliphatic carbocycles. The molecule has 0 saturated carbocycles. The second-order valence-electron chi connectivity index (χ2n) is 23.8. The van der Waals surface area contributed by atoms with Crippen molar-refractivity contribution in [2.75, 3.05) is 4.90 Å². The minimum Gasteiger partial charge on any atom is -0.310 e. The first-order valence-electron chi connectivity index (χ1n) is 30.8. The quantitative estimate of drug-likeness (QED) is 0.117. The molecule has 412 valence electrons. The highest BCUT2D eigenvalue weighted by molar-refractivity contribution is 8.00. The van der Waals surface area contributed by atoms with Crippen molar-refractivity contribution in [3.63, 3.8) is 0 Å². The van der Waals surface area contributed by atoms with E-state index >= 15 is 0 Å². The summed E-state index contributed by atoms with van der Waals surface area (Å²) in [4.78, 5) is 5.18. The van der Waals surface area contributed by atoms with Crippen LogP contribution >= 0.6 is 11.8 Å². The Kier molecular flexibility index (Phi) is 11.1. The Morgan fingerprint density at radius 1 is 0.270 bits per heavy atom. The molecule has 0 atom stereocenters. The molecule has 15 aromatic carbocycles. The Morgan fingerprint density at radius 3 is 1.26 bits per heavy atom. The van der Waals surface area contributed by atoms with E-state index in [2.05, 4.69) is 329 Å². The zero-order valence-electron chi connectivity index (χ0n) is 48.3. The van der Waals surface area contributed by atoms with Crippen molar-refractivity contribution in [3.8, 4) is 55.9 Å². The van der Waals surface area contributed by atoms with Gasteiger partial charge in [-0.3, -0.25) is 0 Å². The van der Waals surface area contributed by atoms with Crippen LogP contribution in [0.5, 0.6) is 0 Å². The van der Waals surface area contributed by atoms with Crippen molar-refractivity contribution < 1.29 is 0 Å². The number of hydrogen-bond donors (Lipinski definition) is 0. The summed E-state index contributed by atoms with van der Waals surface area (Å²) in [7, 11) is 0. The van der Waals surface area contributed by atoms with E-state index in [4.69, 9.17) is 0 Å². The highest BCUT2D eigenvalue weighted by Crippen LogP contribution is 2.52. The predicted molar refractivity (Wildman–Crippen MR) is 379 cm³/mol. The van der Waals surface area contributed by atoms with Crippen LogP contribution in [0.15, 0.2) is 325 Å². The minimum absolute atomic E-state index is 0.108. The summed E-state index contributed by atoms with van der Waals surface area (Å²) < 4.78 is 4.98. The molecule has 89 heavy (non-hydrogen) atoms. The van der Waals surface area contributed by atoms with E-state index in [1.54, 1.807) is 0 Å². The Balaban J connectivity index is 0.935. The summed E-state index contributed by atoms with van der Waals surface area (Å²) in [5.74, 6) is 0. The predicted octanol–water partition coefficient (Wildman–Crippen LogP) is 20.8. The molecule has 3 nitrogen and oxygen atoms in total. The highest BCUT2D eigenvalue weighted by Gasteiger charge is 2.43. The van der Waals surface area contributed by atoms with Crippen LogP contribution in [0.25, 0.3) is 132 Å². The van der Waals surface area contributed by atoms with Crippen LogP contribution in [0.3, 0.4) is 0 Å². The number of para-hydroxylation sites is 5. The van der Waals surface area contributed by atoms with E-state index in [0.29, 0.717) is 0 Å². The van der Waals surface area contributed by atoms with Gasteiger partial charge in [-0.05, 0) is 137 Å². The van der Waals surface area contributed by atoms with E-state index in [0.717, 1.165) is 45.0 Å². The van der Waals surface area contributed by atoms with Gasteiger partial charge in [-0.2, -0.15) is 0 Å². The van der Waals surface area contributed by atoms with Gasteiger partial charge in [0.1, 0.15) is 0 Å². The maximum atomic E-state index is 2.68. The van der Waals surface area contributed by atoms with E-state index in [-0.39, 0.29) is 6.71 Å². The standard InChI is InChI=1S/C84H52BN3S/c1-3-23-54(24-4-1)61-36-21-37-62(55-25-5-2-6-26-55)84(61)88-77-49-58(82-69-34-11-9-32-67(69)81(68-33-10-12-35-70(68)82)57-43-42-53-22-7-8-27-56(53)48-57)44-46-71(77)85-72-47-45-59(86-73-38-17-13-28-63(73)64-29-14-18-39-74(64)86)51-79(72)89-80-52-60(50-78(88)83(80)85)87-75-40-19-15-30-65(75)66-31-16-20-41-76(66)87/h1-52H. The first-order valence-corrected chi connectivity index (χ1v) is 31.6. The van der Waals surface area contributed by atoms with Gasteiger partial charge in [0.2, 0.25) is 6.71 Å². The van der Waals surface area contributed by atoms with Gasteiger partial charge >= 0.3 is 0 Å². The number of nitrogens with zero attached hydrogens (tertiary/aromatic N) is 3. The van der Waals surface area contributed by atoms with Crippen LogP contribution in [0.2, 0.25) is 0 Å². The number of anilines is 3. The lowest BCUT2D eigenvalue weighted by Crippen LogP contribution is -2.60. The minimum atomic E-state index is -0.108. The van der Waals surface area contributed by atoms with Crippen LogP contribution in [0, 0.1) is 0 Å². The monoisotopic (exact) mass is 1150 g/mol. The zero-order valence-corrected chi connectivity index (χ0v) is 49.2. The topological polar surface area (TPSA) is 13.1 Å². The molecule has 17 aromatic rings. The number of benzene rings is 15.